The van der Waals surface area contributed by atoms with E-state index in [1.54, 1.807) is 0 Å². The molecule has 1 aromatic rings. The molecule has 4 heteroatoms. The van der Waals surface area contributed by atoms with Crippen LogP contribution < -0.4 is 5.73 Å². The van der Waals surface area contributed by atoms with Gasteiger partial charge in [0.1, 0.15) is 0 Å². The van der Waals surface area contributed by atoms with Crippen molar-refractivity contribution < 1.29 is 0 Å². The number of rotatable bonds is 2. The Balaban J connectivity index is 0.000001000. The van der Waals surface area contributed by atoms with Crippen molar-refractivity contribution in [2.24, 2.45) is 5.73 Å². The predicted octanol–water partition coefficient (Wildman–Crippen LogP) is 1.86. The first-order valence-corrected chi connectivity index (χ1v) is 4.19. The molecule has 0 aliphatic carbocycles. The Hall–Kier alpha value is -0.120. The Morgan fingerprint density at radius 2 is 2.18 bits per heavy atom. The second kappa shape index (κ2) is 5.52. The maximum Gasteiger partial charge on any atom is 0.0539 e. The molecule has 0 aliphatic heterocycles. The molecule has 1 rings (SSSR count). The van der Waals surface area contributed by atoms with Gasteiger partial charge in [0, 0.05) is 18.1 Å². The summed E-state index contributed by atoms with van der Waals surface area (Å²) in [4.78, 5) is 4.11. The standard InChI is InChI=1S/C7H9BrN2.ClH/c8-3-6-1-2-7(4-9)10-5-6;/h1-2,5H,3-4,9H2;1H. The number of nitrogens with zero attached hydrogens (tertiary/aromatic N) is 1. The van der Waals surface area contributed by atoms with Gasteiger partial charge in [-0.2, -0.15) is 0 Å². The van der Waals surface area contributed by atoms with Gasteiger partial charge in [-0.1, -0.05) is 22.0 Å². The van der Waals surface area contributed by atoms with Gasteiger partial charge < -0.3 is 5.73 Å². The average molecular weight is 238 g/mol. The van der Waals surface area contributed by atoms with Gasteiger partial charge in [-0.3, -0.25) is 4.98 Å². The summed E-state index contributed by atoms with van der Waals surface area (Å²) in [5, 5.41) is 0.852. The Kier molecular flexibility index (Phi) is 5.46. The van der Waals surface area contributed by atoms with Crippen LogP contribution in [0, 0.1) is 0 Å². The zero-order chi connectivity index (χ0) is 7.40. The molecule has 0 amide bonds. The van der Waals surface area contributed by atoms with Crippen LogP contribution in [0.1, 0.15) is 11.3 Å². The third-order valence-corrected chi connectivity index (χ3v) is 1.90. The summed E-state index contributed by atoms with van der Waals surface area (Å²) in [6.45, 7) is 0.516. The molecular formula is C7H10BrClN2. The van der Waals surface area contributed by atoms with Crippen LogP contribution in [0.15, 0.2) is 18.3 Å². The van der Waals surface area contributed by atoms with Gasteiger partial charge in [0.2, 0.25) is 0 Å². The average Bonchev–Trinajstić information content (AvgIpc) is 2.05. The first-order valence-electron chi connectivity index (χ1n) is 3.06. The molecule has 2 nitrogen and oxygen atoms in total. The van der Waals surface area contributed by atoms with E-state index in [0.717, 1.165) is 11.0 Å². The molecule has 2 N–H and O–H groups in total. The van der Waals surface area contributed by atoms with Crippen molar-refractivity contribution in [2.45, 2.75) is 11.9 Å². The van der Waals surface area contributed by atoms with E-state index in [1.807, 2.05) is 18.3 Å². The molecule has 0 aliphatic rings. The van der Waals surface area contributed by atoms with Crippen LogP contribution in [0.25, 0.3) is 0 Å². The number of halogens is 2. The van der Waals surface area contributed by atoms with Crippen molar-refractivity contribution in [3.8, 4) is 0 Å². The quantitative estimate of drug-likeness (QED) is 0.798. The number of aromatic nitrogens is 1. The minimum absolute atomic E-state index is 0. The molecule has 0 spiro atoms. The van der Waals surface area contributed by atoms with Crippen LogP contribution >= 0.6 is 28.3 Å². The van der Waals surface area contributed by atoms with E-state index in [1.165, 1.54) is 5.56 Å². The molecule has 0 fully saturated rings. The lowest BCUT2D eigenvalue weighted by molar-refractivity contribution is 0.984. The van der Waals surface area contributed by atoms with E-state index < -0.39 is 0 Å². The maximum atomic E-state index is 5.37. The highest BCUT2D eigenvalue weighted by Gasteiger charge is 1.90. The van der Waals surface area contributed by atoms with Crippen LogP contribution in [0.3, 0.4) is 0 Å². The van der Waals surface area contributed by atoms with E-state index in [2.05, 4.69) is 20.9 Å². The highest BCUT2D eigenvalue weighted by atomic mass is 79.9. The largest absolute Gasteiger partial charge is 0.325 e. The third-order valence-electron chi connectivity index (χ3n) is 1.25. The summed E-state index contributed by atoms with van der Waals surface area (Å²) in [7, 11) is 0. The Labute approximate surface area is 80.7 Å². The van der Waals surface area contributed by atoms with Crippen molar-refractivity contribution in [1.29, 1.82) is 0 Å². The summed E-state index contributed by atoms with van der Waals surface area (Å²) in [6.07, 6.45) is 1.83. The van der Waals surface area contributed by atoms with Crippen LogP contribution in [-0.2, 0) is 11.9 Å². The van der Waals surface area contributed by atoms with Gasteiger partial charge in [-0.05, 0) is 11.6 Å². The molecule has 0 bridgehead atoms. The first-order chi connectivity index (χ1) is 4.86. The predicted molar refractivity (Wildman–Crippen MR) is 52.0 cm³/mol. The molecule has 0 saturated heterocycles. The van der Waals surface area contributed by atoms with Crippen molar-refractivity contribution in [1.82, 2.24) is 4.98 Å². The first kappa shape index (κ1) is 10.9. The minimum atomic E-state index is 0. The summed E-state index contributed by atoms with van der Waals surface area (Å²) in [5.74, 6) is 0. The number of hydrogen-bond donors (Lipinski definition) is 1. The maximum absolute atomic E-state index is 5.37. The molecule has 62 valence electrons. The second-order valence-electron chi connectivity index (χ2n) is 2.00. The van der Waals surface area contributed by atoms with Gasteiger partial charge in [-0.15, -0.1) is 12.4 Å². The summed E-state index contributed by atoms with van der Waals surface area (Å²) in [6, 6.07) is 3.96. The topological polar surface area (TPSA) is 38.9 Å². The Morgan fingerprint density at radius 1 is 1.45 bits per heavy atom. The molecule has 1 aromatic heterocycles. The number of alkyl halides is 1. The number of nitrogens with two attached hydrogens (primary N) is 1. The molecular weight excluding hydrogens is 227 g/mol. The monoisotopic (exact) mass is 236 g/mol. The van der Waals surface area contributed by atoms with Crippen molar-refractivity contribution >= 4 is 28.3 Å². The third kappa shape index (κ3) is 3.18. The molecule has 0 radical (unpaired) electrons. The van der Waals surface area contributed by atoms with Gasteiger partial charge >= 0.3 is 0 Å². The zero-order valence-corrected chi connectivity index (χ0v) is 8.36. The van der Waals surface area contributed by atoms with Crippen LogP contribution in [0.4, 0.5) is 0 Å². The van der Waals surface area contributed by atoms with E-state index in [-0.39, 0.29) is 12.4 Å². The fourth-order valence-electron chi connectivity index (χ4n) is 0.655. The van der Waals surface area contributed by atoms with Crippen LogP contribution in [-0.4, -0.2) is 4.98 Å². The smallest absolute Gasteiger partial charge is 0.0539 e. The number of pyridine rings is 1. The van der Waals surface area contributed by atoms with Crippen molar-refractivity contribution in [2.75, 3.05) is 0 Å². The van der Waals surface area contributed by atoms with Crippen LogP contribution in [0.2, 0.25) is 0 Å². The Morgan fingerprint density at radius 3 is 2.55 bits per heavy atom. The SMILES string of the molecule is Cl.NCc1ccc(CBr)cn1. The number of hydrogen-bond acceptors (Lipinski definition) is 2. The molecule has 11 heavy (non-hydrogen) atoms. The van der Waals surface area contributed by atoms with Crippen molar-refractivity contribution in [3.05, 3.63) is 29.6 Å². The fourth-order valence-corrected chi connectivity index (χ4v) is 0.987. The fraction of sp³-hybridized carbons (Fsp3) is 0.286. The van der Waals surface area contributed by atoms with Crippen LogP contribution in [0.5, 0.6) is 0 Å². The van der Waals surface area contributed by atoms with E-state index >= 15 is 0 Å². The highest BCUT2D eigenvalue weighted by molar-refractivity contribution is 9.08. The van der Waals surface area contributed by atoms with E-state index in [0.29, 0.717) is 6.54 Å². The lowest BCUT2D eigenvalue weighted by Gasteiger charge is -1.95. The zero-order valence-electron chi connectivity index (χ0n) is 5.96. The summed E-state index contributed by atoms with van der Waals surface area (Å²) >= 11 is 3.33. The van der Waals surface area contributed by atoms with E-state index in [9.17, 15) is 0 Å². The van der Waals surface area contributed by atoms with Gasteiger partial charge in [0.05, 0.1) is 5.69 Å². The van der Waals surface area contributed by atoms with E-state index in [4.69, 9.17) is 5.73 Å². The van der Waals surface area contributed by atoms with Gasteiger partial charge in [-0.25, -0.2) is 0 Å². The Bertz CT molecular complexity index is 177. The van der Waals surface area contributed by atoms with Crippen molar-refractivity contribution in [3.63, 3.8) is 0 Å². The lowest BCUT2D eigenvalue weighted by Crippen LogP contribution is -1.98. The molecule has 1 heterocycles. The van der Waals surface area contributed by atoms with Gasteiger partial charge in [0.25, 0.3) is 0 Å². The molecule has 0 unspecified atom stereocenters. The minimum Gasteiger partial charge on any atom is -0.325 e. The molecule has 0 saturated carbocycles. The normalized spacial score (nSPS) is 8.91. The lowest BCUT2D eigenvalue weighted by atomic mass is 10.3. The summed E-state index contributed by atoms with van der Waals surface area (Å²) < 4.78 is 0. The summed E-state index contributed by atoms with van der Waals surface area (Å²) in [5.41, 5.74) is 7.48. The second-order valence-corrected chi connectivity index (χ2v) is 2.56. The highest BCUT2D eigenvalue weighted by Crippen LogP contribution is 2.03. The van der Waals surface area contributed by atoms with Gasteiger partial charge in [0.15, 0.2) is 0 Å². The molecule has 0 aromatic carbocycles. The molecule has 0 atom stereocenters.